The predicted molar refractivity (Wildman–Crippen MR) is 69.0 cm³/mol. The molecule has 3 N–H and O–H groups in total. The van der Waals surface area contributed by atoms with Crippen LogP contribution in [0.2, 0.25) is 0 Å². The number of carboxylic acids is 1. The molecule has 0 atom stereocenters. The molecule has 0 spiro atoms. The third kappa shape index (κ3) is 3.26. The molecule has 20 heavy (non-hydrogen) atoms. The largest absolute Gasteiger partial charge is 0.480 e. The number of hydrogen-bond donors (Lipinski definition) is 3. The van der Waals surface area contributed by atoms with Crippen molar-refractivity contribution in [3.8, 4) is 5.75 Å². The fourth-order valence-corrected chi connectivity index (χ4v) is 2.38. The fourth-order valence-electron chi connectivity index (χ4n) is 1.41. The van der Waals surface area contributed by atoms with Crippen LogP contribution >= 0.6 is 0 Å². The van der Waals surface area contributed by atoms with Crippen LogP contribution in [0.15, 0.2) is 41.8 Å². The lowest BCUT2D eigenvalue weighted by Gasteiger charge is -2.11. The quantitative estimate of drug-likeness (QED) is 0.720. The number of aliphatic carboxylic acids is 1. The molecule has 0 saturated heterocycles. The van der Waals surface area contributed by atoms with Crippen LogP contribution in [0.5, 0.6) is 5.75 Å². The first-order valence-corrected chi connectivity index (χ1v) is 6.92. The molecule has 1 heterocycles. The lowest BCUT2D eigenvalue weighted by atomic mass is 10.3. The van der Waals surface area contributed by atoms with Crippen LogP contribution in [0.3, 0.4) is 0 Å². The zero-order valence-electron chi connectivity index (χ0n) is 10.1. The third-order valence-electron chi connectivity index (χ3n) is 2.25. The summed E-state index contributed by atoms with van der Waals surface area (Å²) < 4.78 is 31.3. The Morgan fingerprint density at radius 2 is 2.15 bits per heavy atom. The molecule has 9 heteroatoms. The lowest BCUT2D eigenvalue weighted by Crippen LogP contribution is -2.15. The predicted octanol–water partition coefficient (Wildman–Crippen LogP) is 0.674. The second-order valence-electron chi connectivity index (χ2n) is 3.70. The van der Waals surface area contributed by atoms with Gasteiger partial charge >= 0.3 is 5.97 Å². The van der Waals surface area contributed by atoms with E-state index in [-0.39, 0.29) is 16.5 Å². The van der Waals surface area contributed by atoms with E-state index < -0.39 is 22.6 Å². The number of imidazole rings is 1. The number of nitrogens with zero attached hydrogens (tertiary/aromatic N) is 1. The van der Waals surface area contributed by atoms with Gasteiger partial charge in [0.15, 0.2) is 11.6 Å². The molecule has 0 amide bonds. The van der Waals surface area contributed by atoms with Crippen LogP contribution in [0.4, 0.5) is 5.69 Å². The third-order valence-corrected chi connectivity index (χ3v) is 3.54. The van der Waals surface area contributed by atoms with Gasteiger partial charge in [0.05, 0.1) is 18.2 Å². The number of carboxylic acid groups (broad SMARTS) is 1. The molecule has 2 aromatic rings. The van der Waals surface area contributed by atoms with Crippen LogP contribution in [0, 0.1) is 0 Å². The van der Waals surface area contributed by atoms with Crippen molar-refractivity contribution in [2.24, 2.45) is 0 Å². The van der Waals surface area contributed by atoms with E-state index in [1.54, 1.807) is 12.1 Å². The van der Waals surface area contributed by atoms with Gasteiger partial charge in [-0.05, 0) is 12.1 Å². The van der Waals surface area contributed by atoms with Gasteiger partial charge in [0.25, 0.3) is 10.0 Å². The van der Waals surface area contributed by atoms with Gasteiger partial charge in [-0.1, -0.05) is 12.1 Å². The Morgan fingerprint density at radius 3 is 2.80 bits per heavy atom. The maximum Gasteiger partial charge on any atom is 0.341 e. The molecule has 0 aliphatic carbocycles. The molecular weight excluding hydrogens is 286 g/mol. The lowest BCUT2D eigenvalue weighted by molar-refractivity contribution is -0.139. The van der Waals surface area contributed by atoms with Gasteiger partial charge in [0, 0.05) is 0 Å². The Balaban J connectivity index is 2.23. The molecule has 0 aliphatic rings. The second-order valence-corrected chi connectivity index (χ2v) is 5.35. The average molecular weight is 297 g/mol. The van der Waals surface area contributed by atoms with Crippen LogP contribution in [-0.2, 0) is 14.8 Å². The van der Waals surface area contributed by atoms with E-state index in [4.69, 9.17) is 9.84 Å². The molecule has 106 valence electrons. The zero-order chi connectivity index (χ0) is 14.6. The average Bonchev–Trinajstić information content (AvgIpc) is 2.92. The number of ether oxygens (including phenoxy) is 1. The van der Waals surface area contributed by atoms with E-state index in [2.05, 4.69) is 14.7 Å². The topological polar surface area (TPSA) is 121 Å². The van der Waals surface area contributed by atoms with Gasteiger partial charge in [-0.3, -0.25) is 4.72 Å². The molecule has 0 radical (unpaired) electrons. The monoisotopic (exact) mass is 297 g/mol. The first-order chi connectivity index (χ1) is 9.49. The molecule has 0 unspecified atom stereocenters. The molecule has 1 aromatic heterocycles. The number of nitrogens with one attached hydrogen (secondary N) is 2. The number of H-pyrrole nitrogens is 1. The van der Waals surface area contributed by atoms with E-state index in [1.807, 2.05) is 0 Å². The molecular formula is C11H11N3O5S. The molecule has 8 nitrogen and oxygen atoms in total. The molecule has 1 aromatic carbocycles. The van der Waals surface area contributed by atoms with Crippen molar-refractivity contribution in [3.63, 3.8) is 0 Å². The van der Waals surface area contributed by atoms with Crippen molar-refractivity contribution in [2.75, 3.05) is 11.3 Å². The SMILES string of the molecule is O=C(O)COc1ccccc1NS(=O)(=O)c1cnc[nH]1. The maximum absolute atomic E-state index is 12.0. The maximum atomic E-state index is 12.0. The fraction of sp³-hybridized carbons (Fsp3) is 0.0909. The Hall–Kier alpha value is -2.55. The smallest absolute Gasteiger partial charge is 0.341 e. The van der Waals surface area contributed by atoms with Gasteiger partial charge in [0.2, 0.25) is 0 Å². The van der Waals surface area contributed by atoms with Crippen molar-refractivity contribution in [3.05, 3.63) is 36.8 Å². The van der Waals surface area contributed by atoms with E-state index in [1.165, 1.54) is 18.5 Å². The molecule has 0 fully saturated rings. The van der Waals surface area contributed by atoms with Crippen molar-refractivity contribution < 1.29 is 23.1 Å². The Bertz CT molecular complexity index is 697. The minimum absolute atomic E-state index is 0.106. The first-order valence-electron chi connectivity index (χ1n) is 5.44. The summed E-state index contributed by atoms with van der Waals surface area (Å²) >= 11 is 0. The minimum Gasteiger partial charge on any atom is -0.480 e. The van der Waals surface area contributed by atoms with Crippen LogP contribution in [0.1, 0.15) is 0 Å². The van der Waals surface area contributed by atoms with Gasteiger partial charge in [-0.15, -0.1) is 0 Å². The van der Waals surface area contributed by atoms with Crippen LogP contribution in [-0.4, -0.2) is 36.1 Å². The van der Waals surface area contributed by atoms with Crippen molar-refractivity contribution in [1.29, 1.82) is 0 Å². The summed E-state index contributed by atoms with van der Waals surface area (Å²) in [4.78, 5) is 16.6. The standard InChI is InChI=1S/C11H11N3O5S/c15-11(16)6-19-9-4-2-1-3-8(9)14-20(17,18)10-5-12-7-13-10/h1-5,7,14H,6H2,(H,12,13)(H,15,16). The number of para-hydroxylation sites is 2. The first kappa shape index (κ1) is 13.9. The highest BCUT2D eigenvalue weighted by Crippen LogP contribution is 2.25. The normalized spacial score (nSPS) is 11.0. The number of aromatic amines is 1. The highest BCUT2D eigenvalue weighted by molar-refractivity contribution is 7.92. The number of aromatic nitrogens is 2. The Morgan fingerprint density at radius 1 is 1.40 bits per heavy atom. The number of sulfonamides is 1. The minimum atomic E-state index is -3.83. The summed E-state index contributed by atoms with van der Waals surface area (Å²) in [6, 6.07) is 6.13. The van der Waals surface area contributed by atoms with Gasteiger partial charge in [-0.25, -0.2) is 9.78 Å². The van der Waals surface area contributed by atoms with Crippen LogP contribution in [0.25, 0.3) is 0 Å². The van der Waals surface area contributed by atoms with E-state index in [0.29, 0.717) is 0 Å². The summed E-state index contributed by atoms with van der Waals surface area (Å²) in [5, 5.41) is 8.47. The number of rotatable bonds is 6. The van der Waals surface area contributed by atoms with Crippen LogP contribution < -0.4 is 9.46 Å². The molecule has 0 bridgehead atoms. The van der Waals surface area contributed by atoms with E-state index in [0.717, 1.165) is 6.20 Å². The van der Waals surface area contributed by atoms with Crippen molar-refractivity contribution in [1.82, 2.24) is 9.97 Å². The molecule has 2 rings (SSSR count). The number of hydrogen-bond acceptors (Lipinski definition) is 5. The number of benzene rings is 1. The Labute approximate surface area is 114 Å². The summed E-state index contributed by atoms with van der Waals surface area (Å²) in [7, 11) is -3.83. The summed E-state index contributed by atoms with van der Waals surface area (Å²) in [5.41, 5.74) is 0.142. The number of anilines is 1. The second kappa shape index (κ2) is 5.61. The van der Waals surface area contributed by atoms with Gasteiger partial charge < -0.3 is 14.8 Å². The number of carbonyl (C=O) groups is 1. The zero-order valence-corrected chi connectivity index (χ0v) is 10.9. The highest BCUT2D eigenvalue weighted by atomic mass is 32.2. The Kier molecular flexibility index (Phi) is 3.89. The van der Waals surface area contributed by atoms with E-state index in [9.17, 15) is 13.2 Å². The molecule has 0 aliphatic heterocycles. The summed E-state index contributed by atoms with van der Waals surface area (Å²) in [6.07, 6.45) is 2.39. The highest BCUT2D eigenvalue weighted by Gasteiger charge is 2.17. The van der Waals surface area contributed by atoms with Gasteiger partial charge in [-0.2, -0.15) is 8.42 Å². The van der Waals surface area contributed by atoms with Crippen molar-refractivity contribution in [2.45, 2.75) is 5.03 Å². The van der Waals surface area contributed by atoms with E-state index >= 15 is 0 Å². The van der Waals surface area contributed by atoms with Crippen molar-refractivity contribution >= 4 is 21.7 Å². The van der Waals surface area contributed by atoms with Gasteiger partial charge in [0.1, 0.15) is 5.75 Å². The summed E-state index contributed by atoms with van der Waals surface area (Å²) in [6.45, 7) is -0.567. The molecule has 0 saturated carbocycles. The summed E-state index contributed by atoms with van der Waals surface area (Å²) in [5.74, 6) is -1.03.